The largest absolute Gasteiger partial charge is 0.299 e. The molecule has 1 aliphatic rings. The van der Waals surface area contributed by atoms with Crippen LogP contribution in [0.1, 0.15) is 53.4 Å². The molecule has 0 aromatic heterocycles. The van der Waals surface area contributed by atoms with Crippen LogP contribution in [0.25, 0.3) is 0 Å². The highest BCUT2D eigenvalue weighted by atomic mass is 32.2. The molecule has 0 radical (unpaired) electrons. The lowest BCUT2D eigenvalue weighted by molar-refractivity contribution is -0.123. The van der Waals surface area contributed by atoms with E-state index >= 15 is 0 Å². The van der Waals surface area contributed by atoms with Crippen molar-refractivity contribution in [2.24, 2.45) is 17.3 Å². The first-order valence-corrected chi connectivity index (χ1v) is 10.0. The predicted molar refractivity (Wildman–Crippen MR) is 105 cm³/mol. The molecule has 0 spiro atoms. The summed E-state index contributed by atoms with van der Waals surface area (Å²) in [7, 11) is 0. The molecule has 1 aromatic rings. The molecule has 2 rings (SSSR count). The average Bonchev–Trinajstić information content (AvgIpc) is 2.61. The Labute approximate surface area is 156 Å². The van der Waals surface area contributed by atoms with Gasteiger partial charge in [0.1, 0.15) is 5.78 Å². The maximum atomic E-state index is 12.9. The van der Waals surface area contributed by atoms with Crippen LogP contribution in [0, 0.1) is 28.6 Å². The lowest BCUT2D eigenvalue weighted by Crippen LogP contribution is -2.29. The smallest absolute Gasteiger partial charge is 0.138 e. The molecule has 3 heteroatoms. The van der Waals surface area contributed by atoms with Gasteiger partial charge in [-0.3, -0.25) is 4.79 Å². The molecular formula is C22H29NOS. The molecule has 0 saturated carbocycles. The number of carbonyl (C=O) groups is 1. The van der Waals surface area contributed by atoms with Crippen LogP contribution in [0.5, 0.6) is 0 Å². The fourth-order valence-electron chi connectivity index (χ4n) is 3.23. The first-order chi connectivity index (χ1) is 11.8. The van der Waals surface area contributed by atoms with Crippen molar-refractivity contribution in [2.75, 3.05) is 0 Å². The number of hydrogen-bond acceptors (Lipinski definition) is 3. The van der Waals surface area contributed by atoms with E-state index in [0.717, 1.165) is 19.3 Å². The van der Waals surface area contributed by atoms with E-state index < -0.39 is 0 Å². The van der Waals surface area contributed by atoms with Crippen molar-refractivity contribution < 1.29 is 4.79 Å². The van der Waals surface area contributed by atoms with E-state index in [9.17, 15) is 10.1 Å². The maximum Gasteiger partial charge on any atom is 0.138 e. The van der Waals surface area contributed by atoms with Gasteiger partial charge in [0.25, 0.3) is 0 Å². The van der Waals surface area contributed by atoms with E-state index in [1.807, 2.05) is 25.1 Å². The lowest BCUT2D eigenvalue weighted by atomic mass is 9.73. The number of nitrogens with zero attached hydrogens (tertiary/aromatic N) is 1. The topological polar surface area (TPSA) is 40.9 Å². The zero-order chi connectivity index (χ0) is 18.4. The predicted octanol–water partition coefficient (Wildman–Crippen LogP) is 6.04. The molecule has 2 nitrogen and oxygen atoms in total. The Morgan fingerprint density at radius 2 is 1.92 bits per heavy atom. The summed E-state index contributed by atoms with van der Waals surface area (Å²) in [5.74, 6) is -0.0395. The summed E-state index contributed by atoms with van der Waals surface area (Å²) >= 11 is 1.80. The van der Waals surface area contributed by atoms with Crippen LogP contribution in [0.3, 0.4) is 0 Å². The summed E-state index contributed by atoms with van der Waals surface area (Å²) in [6, 6.07) is 12.7. The highest BCUT2D eigenvalue weighted by Gasteiger charge is 2.34. The molecule has 0 heterocycles. The van der Waals surface area contributed by atoms with Crippen LogP contribution in [0.2, 0.25) is 0 Å². The van der Waals surface area contributed by atoms with E-state index in [2.05, 4.69) is 45.0 Å². The highest BCUT2D eigenvalue weighted by Crippen LogP contribution is 2.38. The molecule has 134 valence electrons. The Kier molecular flexibility index (Phi) is 6.90. The SMILES string of the molecule is C/C1=C\CC(C)(C)C(C#N)CC(=O)[C@@H](C)C(Sc2ccccc2)CC1. The van der Waals surface area contributed by atoms with Crippen molar-refractivity contribution in [3.63, 3.8) is 0 Å². The molecule has 0 bridgehead atoms. The van der Waals surface area contributed by atoms with E-state index in [0.29, 0.717) is 6.42 Å². The fraction of sp³-hybridized carbons (Fsp3) is 0.545. The van der Waals surface area contributed by atoms with Gasteiger partial charge in [-0.25, -0.2) is 0 Å². The number of hydrogen-bond donors (Lipinski definition) is 0. The normalized spacial score (nSPS) is 29.8. The molecule has 1 aliphatic carbocycles. The third-order valence-corrected chi connectivity index (χ3v) is 6.89. The molecule has 0 saturated heterocycles. The van der Waals surface area contributed by atoms with Crippen LogP contribution in [0.4, 0.5) is 0 Å². The van der Waals surface area contributed by atoms with Gasteiger partial charge in [0.05, 0.1) is 12.0 Å². The molecule has 2 unspecified atom stereocenters. The number of ketones is 1. The molecule has 0 aliphatic heterocycles. The molecule has 0 amide bonds. The third kappa shape index (κ3) is 5.47. The number of thioether (sulfide) groups is 1. The monoisotopic (exact) mass is 355 g/mol. The van der Waals surface area contributed by atoms with Crippen molar-refractivity contribution in [1.29, 1.82) is 5.26 Å². The Balaban J connectivity index is 2.26. The van der Waals surface area contributed by atoms with Crippen molar-refractivity contribution in [2.45, 2.75) is 63.5 Å². The molecule has 3 atom stereocenters. The molecule has 0 fully saturated rings. The van der Waals surface area contributed by atoms with Gasteiger partial charge in [0, 0.05) is 22.5 Å². The van der Waals surface area contributed by atoms with Gasteiger partial charge in [0.2, 0.25) is 0 Å². The minimum absolute atomic E-state index is 0.0391. The minimum atomic E-state index is -0.230. The van der Waals surface area contributed by atoms with Crippen LogP contribution >= 0.6 is 11.8 Å². The van der Waals surface area contributed by atoms with Gasteiger partial charge in [-0.2, -0.15) is 5.26 Å². The first kappa shape index (κ1) is 19.8. The summed E-state index contributed by atoms with van der Waals surface area (Å²) in [4.78, 5) is 14.1. The van der Waals surface area contributed by atoms with Crippen molar-refractivity contribution >= 4 is 17.5 Å². The summed E-state index contributed by atoms with van der Waals surface area (Å²) in [5.41, 5.74) is 1.20. The summed E-state index contributed by atoms with van der Waals surface area (Å²) in [6.45, 7) is 8.43. The van der Waals surface area contributed by atoms with Crippen LogP contribution < -0.4 is 0 Å². The van der Waals surface area contributed by atoms with Crippen LogP contribution in [-0.2, 0) is 4.79 Å². The number of allylic oxidation sites excluding steroid dienone is 2. The number of Topliss-reactive ketones (excluding diaryl/α,β-unsaturated/α-hetero) is 1. The van der Waals surface area contributed by atoms with E-state index in [1.54, 1.807) is 11.8 Å². The minimum Gasteiger partial charge on any atom is -0.299 e. The van der Waals surface area contributed by atoms with Gasteiger partial charge < -0.3 is 0 Å². The summed E-state index contributed by atoms with van der Waals surface area (Å²) in [5, 5.41) is 9.87. The van der Waals surface area contributed by atoms with Gasteiger partial charge in [-0.05, 0) is 43.7 Å². The van der Waals surface area contributed by atoms with Crippen molar-refractivity contribution in [3.8, 4) is 6.07 Å². The Bertz CT molecular complexity index is 656. The summed E-state index contributed by atoms with van der Waals surface area (Å²) in [6.07, 6.45) is 5.50. The Morgan fingerprint density at radius 3 is 2.56 bits per heavy atom. The number of rotatable bonds is 2. The zero-order valence-electron chi connectivity index (χ0n) is 15.8. The third-order valence-electron chi connectivity index (χ3n) is 5.40. The second kappa shape index (κ2) is 8.72. The number of nitriles is 1. The molecule has 25 heavy (non-hydrogen) atoms. The second-order valence-corrected chi connectivity index (χ2v) is 9.20. The first-order valence-electron chi connectivity index (χ1n) is 9.13. The number of carbonyl (C=O) groups excluding carboxylic acids is 1. The zero-order valence-corrected chi connectivity index (χ0v) is 16.6. The lowest BCUT2D eigenvalue weighted by Gasteiger charge is -2.29. The fourth-order valence-corrected chi connectivity index (χ4v) is 4.48. The molecule has 0 N–H and O–H groups in total. The van der Waals surface area contributed by atoms with Gasteiger partial charge in [-0.1, -0.05) is 50.6 Å². The highest BCUT2D eigenvalue weighted by molar-refractivity contribution is 8.00. The average molecular weight is 356 g/mol. The van der Waals surface area contributed by atoms with Gasteiger partial charge in [-0.15, -0.1) is 11.8 Å². The standard InChI is InChI=1S/C22H29NOS/c1-16-10-11-21(25-19-8-6-5-7-9-19)17(2)20(24)14-18(15-23)22(3,4)13-12-16/h5-9,12,17-18,21H,10-11,13-14H2,1-4H3/b16-12+/t17-,18?,21?/m1/s1. The Morgan fingerprint density at radius 1 is 1.24 bits per heavy atom. The van der Waals surface area contributed by atoms with E-state index in [1.165, 1.54) is 10.5 Å². The molecular weight excluding hydrogens is 326 g/mol. The van der Waals surface area contributed by atoms with Gasteiger partial charge >= 0.3 is 0 Å². The van der Waals surface area contributed by atoms with E-state index in [-0.39, 0.29) is 28.3 Å². The van der Waals surface area contributed by atoms with Crippen molar-refractivity contribution in [1.82, 2.24) is 0 Å². The summed E-state index contributed by atoms with van der Waals surface area (Å²) < 4.78 is 0. The van der Waals surface area contributed by atoms with E-state index in [4.69, 9.17) is 0 Å². The molecule has 1 aromatic carbocycles. The van der Waals surface area contributed by atoms with Crippen molar-refractivity contribution in [3.05, 3.63) is 42.0 Å². The second-order valence-electron chi connectivity index (χ2n) is 7.89. The number of benzene rings is 1. The quantitative estimate of drug-likeness (QED) is 0.607. The van der Waals surface area contributed by atoms with Gasteiger partial charge in [0.15, 0.2) is 0 Å². The Hall–Kier alpha value is -1.53. The van der Waals surface area contributed by atoms with Crippen LogP contribution in [0.15, 0.2) is 46.9 Å². The van der Waals surface area contributed by atoms with Crippen LogP contribution in [-0.4, -0.2) is 11.0 Å². The maximum absolute atomic E-state index is 12.9.